The van der Waals surface area contributed by atoms with Crippen LogP contribution in [0, 0.1) is 5.41 Å². The van der Waals surface area contributed by atoms with E-state index in [2.05, 4.69) is 4.52 Å². The molecule has 2 saturated heterocycles. The van der Waals surface area contributed by atoms with Gasteiger partial charge in [0.25, 0.3) is 7.82 Å². The third-order valence-corrected chi connectivity index (χ3v) is 6.69. The molecule has 2 aliphatic rings. The van der Waals surface area contributed by atoms with Gasteiger partial charge in [0.2, 0.25) is 0 Å². The van der Waals surface area contributed by atoms with E-state index in [1.165, 1.54) is 7.17 Å². The zero-order valence-electron chi connectivity index (χ0n) is 20.4. The first-order valence-corrected chi connectivity index (χ1v) is 14.0. The molecule has 0 aromatic carbocycles. The van der Waals surface area contributed by atoms with E-state index >= 15 is 0 Å². The van der Waals surface area contributed by atoms with Gasteiger partial charge in [0.05, 0.1) is 32.6 Å². The molecule has 0 saturated carbocycles. The summed E-state index contributed by atoms with van der Waals surface area (Å²) in [6, 6.07) is -1.70. The SMILES string of the molecule is [B][B][C@H]1C[C@@H](OP(=O)([O-])OC(=O)[C@H]2O[C@@H]([B])C[C@H]2OP(=O)([O-])OCC(C)(C)C)[C@@H](COC(C)C)O1. The maximum absolute atomic E-state index is 12.6. The average Bonchev–Trinajstić information content (AvgIpc) is 3.25. The lowest BCUT2D eigenvalue weighted by molar-refractivity contribution is -0.235. The summed E-state index contributed by atoms with van der Waals surface area (Å²) in [5.41, 5.74) is -0.487. The van der Waals surface area contributed by atoms with Crippen LogP contribution in [0.25, 0.3) is 0 Å². The van der Waals surface area contributed by atoms with E-state index in [0.717, 1.165) is 0 Å². The summed E-state index contributed by atoms with van der Waals surface area (Å²) in [5, 5.41) is 0. The van der Waals surface area contributed by atoms with Crippen molar-refractivity contribution >= 4 is 44.4 Å². The van der Waals surface area contributed by atoms with Crippen LogP contribution < -0.4 is 9.79 Å². The number of phosphoric acid groups is 2. The van der Waals surface area contributed by atoms with Crippen LogP contribution in [-0.2, 0) is 46.2 Å². The predicted molar refractivity (Wildman–Crippen MR) is 121 cm³/mol. The van der Waals surface area contributed by atoms with E-state index in [0.29, 0.717) is 0 Å². The Labute approximate surface area is 209 Å². The maximum atomic E-state index is 12.6. The molecule has 5 radical (unpaired) electrons. The fourth-order valence-electron chi connectivity index (χ4n) is 3.23. The van der Waals surface area contributed by atoms with Crippen molar-refractivity contribution in [2.75, 3.05) is 13.2 Å². The minimum atomic E-state index is -5.25. The first-order chi connectivity index (χ1) is 16.0. The van der Waals surface area contributed by atoms with E-state index in [1.54, 1.807) is 34.6 Å². The van der Waals surface area contributed by atoms with Crippen LogP contribution >= 0.6 is 15.6 Å². The van der Waals surface area contributed by atoms with Crippen molar-refractivity contribution in [3.05, 3.63) is 0 Å². The van der Waals surface area contributed by atoms with Crippen LogP contribution in [0.5, 0.6) is 0 Å². The molecule has 0 aromatic rings. The third kappa shape index (κ3) is 10.6. The second kappa shape index (κ2) is 12.6. The van der Waals surface area contributed by atoms with Crippen LogP contribution in [0.2, 0.25) is 0 Å². The molecule has 0 aromatic heterocycles. The Morgan fingerprint density at radius 3 is 2.31 bits per heavy atom. The Kier molecular flexibility index (Phi) is 11.1. The summed E-state index contributed by atoms with van der Waals surface area (Å²) in [6.45, 7) is 8.65. The fourth-order valence-corrected chi connectivity index (χ4v) is 5.28. The van der Waals surface area contributed by atoms with E-state index in [1.807, 2.05) is 0 Å². The standard InChI is InChI=1S/C18H32B3O12P2/c1-10(2)27-8-13-11(7-15(21-20)29-13)31-35(25,26)33-17(22)16-12(6-14(19)30-16)32-34(23,24)28-9-18(3,4)5/h10-16H,6-9H2,1-5H3,(H,23,24)(H,25,26)/p-2/t11-,12-,13-,14-,15-,16+/m1/s1. The number of rotatable bonds is 12. The van der Waals surface area contributed by atoms with Crippen LogP contribution in [0.3, 0.4) is 0 Å². The molecule has 2 rings (SSSR count). The molecule has 2 unspecified atom stereocenters. The van der Waals surface area contributed by atoms with Crippen molar-refractivity contribution in [1.29, 1.82) is 0 Å². The average molecular weight is 533 g/mol. The van der Waals surface area contributed by atoms with Gasteiger partial charge >= 0.3 is 13.8 Å². The van der Waals surface area contributed by atoms with Crippen LogP contribution in [-0.4, -0.2) is 84.5 Å². The summed E-state index contributed by atoms with van der Waals surface area (Å²) in [6.07, 6.45) is -5.34. The van der Waals surface area contributed by atoms with Crippen molar-refractivity contribution < 1.29 is 56.0 Å². The molecule has 2 aliphatic heterocycles. The molecular formula is C18H30B3O12P2-2. The second-order valence-corrected chi connectivity index (χ2v) is 12.4. The molecule has 17 heteroatoms. The highest BCUT2D eigenvalue weighted by Gasteiger charge is 2.44. The normalized spacial score (nSPS) is 32.8. The van der Waals surface area contributed by atoms with E-state index in [9.17, 15) is 23.7 Å². The predicted octanol–water partition coefficient (Wildman–Crippen LogP) is -0.0893. The number of ether oxygens (including phenoxy) is 3. The number of carbonyl (C=O) groups is 1. The smallest absolute Gasteiger partial charge is 0.343 e. The van der Waals surface area contributed by atoms with Gasteiger partial charge in [-0.05, 0) is 32.1 Å². The zero-order chi connectivity index (χ0) is 26.6. The third-order valence-electron chi connectivity index (χ3n) is 4.78. The van der Waals surface area contributed by atoms with Crippen molar-refractivity contribution in [2.45, 2.75) is 90.0 Å². The first kappa shape index (κ1) is 31.0. The molecule has 0 spiro atoms. The highest BCUT2D eigenvalue weighted by molar-refractivity contribution is 7.46. The minimum absolute atomic E-state index is 0.0183. The molecule has 8 atom stereocenters. The minimum Gasteiger partial charge on any atom is -0.756 e. The Hall–Kier alpha value is -0.195. The quantitative estimate of drug-likeness (QED) is 0.243. The molecule has 0 aliphatic carbocycles. The highest BCUT2D eigenvalue weighted by Crippen LogP contribution is 2.47. The van der Waals surface area contributed by atoms with E-state index in [-0.39, 0.29) is 32.2 Å². The lowest BCUT2D eigenvalue weighted by Crippen LogP contribution is -2.36. The molecule has 0 amide bonds. The van der Waals surface area contributed by atoms with Gasteiger partial charge in [-0.1, -0.05) is 20.8 Å². The second-order valence-electron chi connectivity index (χ2n) is 9.78. The molecule has 12 nitrogen and oxygen atoms in total. The zero-order valence-corrected chi connectivity index (χ0v) is 22.2. The van der Waals surface area contributed by atoms with Crippen LogP contribution in [0.4, 0.5) is 0 Å². The summed E-state index contributed by atoms with van der Waals surface area (Å²) in [4.78, 5) is 37.2. The van der Waals surface area contributed by atoms with Gasteiger partial charge in [-0.15, -0.1) is 0 Å². The fraction of sp³-hybridized carbons (Fsp3) is 0.944. The molecule has 0 bridgehead atoms. The van der Waals surface area contributed by atoms with Gasteiger partial charge in [-0.2, -0.15) is 0 Å². The molecular weight excluding hydrogens is 503 g/mol. The number of hydrogen-bond acceptors (Lipinski definition) is 12. The molecule has 35 heavy (non-hydrogen) atoms. The number of hydrogen-bond donors (Lipinski definition) is 0. The van der Waals surface area contributed by atoms with Gasteiger partial charge in [-0.3, -0.25) is 9.13 Å². The van der Waals surface area contributed by atoms with Gasteiger partial charge < -0.3 is 42.1 Å². The summed E-state index contributed by atoms with van der Waals surface area (Å²) < 4.78 is 60.2. The number of carbonyl (C=O) groups excluding carboxylic acids is 1. The van der Waals surface area contributed by atoms with E-state index in [4.69, 9.17) is 43.4 Å². The summed E-state index contributed by atoms with van der Waals surface area (Å²) >= 11 is 0. The molecule has 2 heterocycles. The first-order valence-electron chi connectivity index (χ1n) is 11.1. The summed E-state index contributed by atoms with van der Waals surface area (Å²) in [7, 11) is 2.26. The Morgan fingerprint density at radius 2 is 1.74 bits per heavy atom. The van der Waals surface area contributed by atoms with Crippen molar-refractivity contribution in [2.24, 2.45) is 5.41 Å². The van der Waals surface area contributed by atoms with Crippen molar-refractivity contribution in [1.82, 2.24) is 0 Å². The topological polar surface area (TPSA) is 162 Å². The van der Waals surface area contributed by atoms with Crippen molar-refractivity contribution in [3.8, 4) is 0 Å². The lowest BCUT2D eigenvalue weighted by atomic mass is 9.51. The van der Waals surface area contributed by atoms with Gasteiger partial charge in [0.1, 0.15) is 20.1 Å². The Morgan fingerprint density at radius 1 is 1.11 bits per heavy atom. The summed E-state index contributed by atoms with van der Waals surface area (Å²) in [5.74, 6) is -1.45. The van der Waals surface area contributed by atoms with E-state index < -0.39 is 63.5 Å². The highest BCUT2D eigenvalue weighted by atomic mass is 31.2. The molecule has 195 valence electrons. The number of phosphoric ester groups is 2. The monoisotopic (exact) mass is 533 g/mol. The van der Waals surface area contributed by atoms with Crippen LogP contribution in [0.1, 0.15) is 47.5 Å². The van der Waals surface area contributed by atoms with Crippen LogP contribution in [0.15, 0.2) is 0 Å². The lowest BCUT2D eigenvalue weighted by Gasteiger charge is -2.31. The maximum Gasteiger partial charge on any atom is 0.343 e. The Bertz CT molecular complexity index is 810. The van der Waals surface area contributed by atoms with Gasteiger partial charge in [0, 0.05) is 19.7 Å². The van der Waals surface area contributed by atoms with Crippen molar-refractivity contribution in [3.63, 3.8) is 0 Å². The molecule has 2 fully saturated rings. The van der Waals surface area contributed by atoms with Gasteiger partial charge in [-0.25, -0.2) is 4.79 Å². The molecule has 0 N–H and O–H groups in total. The largest absolute Gasteiger partial charge is 0.756 e. The Balaban J connectivity index is 2.01. The van der Waals surface area contributed by atoms with Gasteiger partial charge in [0.15, 0.2) is 6.10 Å².